The molecule has 1 rings (SSSR count). The van der Waals surface area contributed by atoms with Gasteiger partial charge in [-0.05, 0) is 19.4 Å². The molecule has 3 atom stereocenters. The van der Waals surface area contributed by atoms with Crippen LogP contribution in [0.1, 0.15) is 13.3 Å². The Hall–Kier alpha value is -0.460. The second-order valence-corrected chi connectivity index (χ2v) is 5.02. The number of halogens is 1. The molecule has 0 saturated carbocycles. The lowest BCUT2D eigenvalue weighted by Gasteiger charge is -2.41. The van der Waals surface area contributed by atoms with Crippen molar-refractivity contribution in [1.29, 1.82) is 0 Å². The molecule has 18 heavy (non-hydrogen) atoms. The SMILES string of the molecule is COCCC(COC)C1(N)C=C(C)N=C(Cl)C1N. The van der Waals surface area contributed by atoms with Gasteiger partial charge in [-0.1, -0.05) is 11.6 Å². The van der Waals surface area contributed by atoms with E-state index < -0.39 is 11.6 Å². The van der Waals surface area contributed by atoms with Crippen molar-refractivity contribution in [2.75, 3.05) is 27.4 Å². The van der Waals surface area contributed by atoms with Gasteiger partial charge in [-0.15, -0.1) is 0 Å². The zero-order valence-corrected chi connectivity index (χ0v) is 11.9. The van der Waals surface area contributed by atoms with Crippen LogP contribution in [0.2, 0.25) is 0 Å². The average molecular weight is 276 g/mol. The molecule has 3 unspecified atom stereocenters. The van der Waals surface area contributed by atoms with Gasteiger partial charge in [0.05, 0.1) is 18.2 Å². The number of aliphatic imine (C=N–C) groups is 1. The van der Waals surface area contributed by atoms with E-state index in [2.05, 4.69) is 4.99 Å². The van der Waals surface area contributed by atoms with Crippen molar-refractivity contribution in [3.05, 3.63) is 11.8 Å². The molecule has 0 aromatic rings. The molecule has 0 aromatic heterocycles. The maximum Gasteiger partial charge on any atom is 0.125 e. The summed E-state index contributed by atoms with van der Waals surface area (Å²) in [6.45, 7) is 2.96. The van der Waals surface area contributed by atoms with E-state index >= 15 is 0 Å². The number of rotatable bonds is 6. The predicted octanol–water partition coefficient (Wildman–Crippen LogP) is 0.865. The third-order valence-electron chi connectivity index (χ3n) is 3.28. The first kappa shape index (κ1) is 15.6. The van der Waals surface area contributed by atoms with E-state index in [1.165, 1.54) is 0 Å². The van der Waals surface area contributed by atoms with Gasteiger partial charge in [-0.25, -0.2) is 4.99 Å². The third-order valence-corrected chi connectivity index (χ3v) is 3.60. The lowest BCUT2D eigenvalue weighted by atomic mass is 9.76. The maximum atomic E-state index is 6.45. The molecule has 1 heterocycles. The molecule has 0 fully saturated rings. The molecule has 0 aromatic carbocycles. The van der Waals surface area contributed by atoms with Gasteiger partial charge in [0.1, 0.15) is 5.17 Å². The van der Waals surface area contributed by atoms with E-state index in [0.717, 1.165) is 12.1 Å². The van der Waals surface area contributed by atoms with Crippen LogP contribution in [0.25, 0.3) is 0 Å². The van der Waals surface area contributed by atoms with E-state index in [1.807, 2.05) is 13.0 Å². The van der Waals surface area contributed by atoms with Crippen LogP contribution in [0.4, 0.5) is 0 Å². The Balaban J connectivity index is 2.96. The summed E-state index contributed by atoms with van der Waals surface area (Å²) in [6.07, 6.45) is 2.63. The third kappa shape index (κ3) is 3.30. The molecule has 0 spiro atoms. The van der Waals surface area contributed by atoms with Crippen molar-refractivity contribution in [1.82, 2.24) is 0 Å². The van der Waals surface area contributed by atoms with Crippen molar-refractivity contribution in [2.24, 2.45) is 22.4 Å². The molecule has 1 aliphatic heterocycles. The number of hydrogen-bond donors (Lipinski definition) is 2. The van der Waals surface area contributed by atoms with Crippen molar-refractivity contribution < 1.29 is 9.47 Å². The summed E-state index contributed by atoms with van der Waals surface area (Å²) in [4.78, 5) is 4.15. The summed E-state index contributed by atoms with van der Waals surface area (Å²) in [5.74, 6) is 0.0247. The molecular weight excluding hydrogens is 254 g/mol. The van der Waals surface area contributed by atoms with Crippen molar-refractivity contribution in [2.45, 2.75) is 24.9 Å². The highest BCUT2D eigenvalue weighted by molar-refractivity contribution is 6.67. The largest absolute Gasteiger partial charge is 0.385 e. The van der Waals surface area contributed by atoms with Crippen LogP contribution in [0.3, 0.4) is 0 Å². The number of methoxy groups -OCH3 is 2. The smallest absolute Gasteiger partial charge is 0.125 e. The quantitative estimate of drug-likeness (QED) is 0.753. The first-order valence-electron chi connectivity index (χ1n) is 5.91. The minimum absolute atomic E-state index is 0.0247. The fraction of sp³-hybridized carbons (Fsp3) is 0.750. The minimum Gasteiger partial charge on any atom is -0.385 e. The Labute approximate surface area is 113 Å². The number of ether oxygens (including phenoxy) is 2. The highest BCUT2D eigenvalue weighted by Crippen LogP contribution is 2.30. The van der Waals surface area contributed by atoms with Crippen LogP contribution in [0.15, 0.2) is 16.8 Å². The number of hydrogen-bond acceptors (Lipinski definition) is 5. The summed E-state index contributed by atoms with van der Waals surface area (Å²) in [6, 6.07) is -0.514. The van der Waals surface area contributed by atoms with Crippen LogP contribution in [0, 0.1) is 5.92 Å². The Bertz CT molecular complexity index is 346. The normalized spacial score (nSPS) is 29.8. The number of nitrogens with zero attached hydrogens (tertiary/aromatic N) is 1. The van der Waals surface area contributed by atoms with Gasteiger partial charge in [-0.3, -0.25) is 0 Å². The first-order valence-corrected chi connectivity index (χ1v) is 6.29. The molecular formula is C12H22ClN3O2. The Morgan fingerprint density at radius 3 is 2.72 bits per heavy atom. The van der Waals surface area contributed by atoms with E-state index in [-0.39, 0.29) is 5.92 Å². The number of nitrogens with two attached hydrogens (primary N) is 2. The molecule has 4 N–H and O–H groups in total. The van der Waals surface area contributed by atoms with Crippen molar-refractivity contribution in [3.63, 3.8) is 0 Å². The summed E-state index contributed by atoms with van der Waals surface area (Å²) < 4.78 is 10.3. The number of allylic oxidation sites excluding steroid dienone is 1. The Morgan fingerprint density at radius 1 is 1.50 bits per heavy atom. The summed E-state index contributed by atoms with van der Waals surface area (Å²) in [7, 11) is 3.30. The highest BCUT2D eigenvalue weighted by atomic mass is 35.5. The Morgan fingerprint density at radius 2 is 2.17 bits per heavy atom. The van der Waals surface area contributed by atoms with Gasteiger partial charge in [-0.2, -0.15) is 0 Å². The van der Waals surface area contributed by atoms with Gasteiger partial charge < -0.3 is 20.9 Å². The summed E-state index contributed by atoms with van der Waals surface area (Å²) >= 11 is 6.06. The topological polar surface area (TPSA) is 82.9 Å². The molecule has 1 aliphatic rings. The van der Waals surface area contributed by atoms with Crippen LogP contribution >= 0.6 is 11.6 Å². The maximum absolute atomic E-state index is 6.45. The second kappa shape index (κ2) is 6.63. The van der Waals surface area contributed by atoms with Crippen LogP contribution < -0.4 is 11.5 Å². The Kier molecular flexibility index (Phi) is 5.75. The monoisotopic (exact) mass is 275 g/mol. The van der Waals surface area contributed by atoms with E-state index in [0.29, 0.717) is 18.4 Å². The zero-order valence-electron chi connectivity index (χ0n) is 11.1. The molecule has 0 saturated heterocycles. The highest BCUT2D eigenvalue weighted by Gasteiger charge is 2.42. The molecule has 6 heteroatoms. The molecule has 0 bridgehead atoms. The lowest BCUT2D eigenvalue weighted by molar-refractivity contribution is 0.0863. The molecule has 104 valence electrons. The summed E-state index contributed by atoms with van der Waals surface area (Å²) in [5, 5.41) is 0.344. The average Bonchev–Trinajstić information content (AvgIpc) is 2.31. The van der Waals surface area contributed by atoms with Gasteiger partial charge in [0.2, 0.25) is 0 Å². The van der Waals surface area contributed by atoms with Crippen LogP contribution in [-0.4, -0.2) is 44.2 Å². The second-order valence-electron chi connectivity index (χ2n) is 4.63. The van der Waals surface area contributed by atoms with Crippen LogP contribution in [-0.2, 0) is 9.47 Å². The molecule has 0 radical (unpaired) electrons. The van der Waals surface area contributed by atoms with Crippen molar-refractivity contribution in [3.8, 4) is 0 Å². The van der Waals surface area contributed by atoms with Crippen molar-refractivity contribution >= 4 is 16.8 Å². The fourth-order valence-electron chi connectivity index (χ4n) is 2.24. The van der Waals surface area contributed by atoms with Gasteiger partial charge in [0.25, 0.3) is 0 Å². The molecule has 5 nitrogen and oxygen atoms in total. The van der Waals surface area contributed by atoms with Gasteiger partial charge in [0.15, 0.2) is 0 Å². The van der Waals surface area contributed by atoms with E-state index in [4.69, 9.17) is 32.5 Å². The standard InChI is InChI=1S/C12H22ClN3O2/c1-8-6-12(15,10(14)11(13)16-8)9(7-18-3)4-5-17-2/h6,9-10H,4-5,7,14-15H2,1-3H3. The minimum atomic E-state index is -0.753. The van der Waals surface area contributed by atoms with E-state index in [9.17, 15) is 0 Å². The van der Waals surface area contributed by atoms with Gasteiger partial charge in [0, 0.05) is 32.4 Å². The van der Waals surface area contributed by atoms with Gasteiger partial charge >= 0.3 is 0 Å². The first-order chi connectivity index (χ1) is 8.45. The predicted molar refractivity (Wildman–Crippen MR) is 73.8 cm³/mol. The fourth-order valence-corrected chi connectivity index (χ4v) is 2.56. The lowest BCUT2D eigenvalue weighted by Crippen LogP contribution is -2.63. The zero-order chi connectivity index (χ0) is 13.8. The van der Waals surface area contributed by atoms with E-state index in [1.54, 1.807) is 14.2 Å². The van der Waals surface area contributed by atoms with Crippen LogP contribution in [0.5, 0.6) is 0 Å². The molecule has 0 aliphatic carbocycles. The molecule has 0 amide bonds. The summed E-state index contributed by atoms with van der Waals surface area (Å²) in [5.41, 5.74) is 12.6.